The number of nitrogens with zero attached hydrogens (tertiary/aromatic N) is 1. The van der Waals surface area contributed by atoms with Crippen molar-refractivity contribution in [2.24, 2.45) is 0 Å². The molecule has 6 heteroatoms. The van der Waals surface area contributed by atoms with E-state index in [0.29, 0.717) is 13.1 Å². The fourth-order valence-corrected chi connectivity index (χ4v) is 2.27. The van der Waals surface area contributed by atoms with E-state index in [2.05, 4.69) is 15.6 Å². The first-order valence-corrected chi connectivity index (χ1v) is 7.88. The van der Waals surface area contributed by atoms with E-state index in [-0.39, 0.29) is 6.03 Å². The normalized spacial score (nSPS) is 10.3. The number of furan rings is 1. The lowest BCUT2D eigenvalue weighted by Crippen LogP contribution is -2.34. The van der Waals surface area contributed by atoms with Crippen molar-refractivity contribution in [1.82, 2.24) is 15.6 Å². The van der Waals surface area contributed by atoms with Crippen LogP contribution in [-0.2, 0) is 13.1 Å². The van der Waals surface area contributed by atoms with Crippen molar-refractivity contribution in [3.63, 3.8) is 0 Å². The van der Waals surface area contributed by atoms with Crippen LogP contribution in [0.25, 0.3) is 11.5 Å². The average Bonchev–Trinajstić information content (AvgIpc) is 3.20. The molecule has 25 heavy (non-hydrogen) atoms. The molecule has 0 spiro atoms. The molecule has 0 aliphatic carbocycles. The third kappa shape index (κ3) is 4.60. The van der Waals surface area contributed by atoms with Crippen LogP contribution in [0.5, 0.6) is 5.75 Å². The number of pyridine rings is 1. The summed E-state index contributed by atoms with van der Waals surface area (Å²) in [6.07, 6.45) is 3.33. The van der Waals surface area contributed by atoms with Crippen LogP contribution < -0.4 is 15.4 Å². The highest BCUT2D eigenvalue weighted by Crippen LogP contribution is 2.17. The second-order valence-corrected chi connectivity index (χ2v) is 5.41. The number of amides is 2. The largest absolute Gasteiger partial charge is 0.497 e. The molecule has 0 fully saturated rings. The molecule has 2 aromatic heterocycles. The van der Waals surface area contributed by atoms with Crippen molar-refractivity contribution in [2.45, 2.75) is 13.1 Å². The molecule has 0 aliphatic rings. The van der Waals surface area contributed by atoms with Gasteiger partial charge in [-0.3, -0.25) is 4.98 Å². The monoisotopic (exact) mass is 337 g/mol. The van der Waals surface area contributed by atoms with Gasteiger partial charge in [0.25, 0.3) is 0 Å². The van der Waals surface area contributed by atoms with E-state index < -0.39 is 0 Å². The van der Waals surface area contributed by atoms with Crippen LogP contribution in [0.4, 0.5) is 4.79 Å². The van der Waals surface area contributed by atoms with Crippen LogP contribution >= 0.6 is 0 Å². The van der Waals surface area contributed by atoms with Crippen LogP contribution in [0.3, 0.4) is 0 Å². The lowest BCUT2D eigenvalue weighted by atomic mass is 10.2. The summed E-state index contributed by atoms with van der Waals surface area (Å²) in [4.78, 5) is 16.2. The van der Waals surface area contributed by atoms with Gasteiger partial charge in [0, 0.05) is 19.3 Å². The van der Waals surface area contributed by atoms with Crippen molar-refractivity contribution in [1.29, 1.82) is 0 Å². The highest BCUT2D eigenvalue weighted by molar-refractivity contribution is 5.73. The number of benzene rings is 1. The number of ether oxygens (including phenoxy) is 1. The van der Waals surface area contributed by atoms with Crippen LogP contribution in [-0.4, -0.2) is 18.1 Å². The number of nitrogens with one attached hydrogen (secondary N) is 2. The number of carbonyl (C=O) groups excluding carboxylic acids is 1. The summed E-state index contributed by atoms with van der Waals surface area (Å²) in [5, 5.41) is 5.62. The fraction of sp³-hybridized carbons (Fsp3) is 0.158. The van der Waals surface area contributed by atoms with E-state index in [4.69, 9.17) is 9.15 Å². The predicted octanol–water partition coefficient (Wildman–Crippen LogP) is 3.35. The Morgan fingerprint density at radius 1 is 1.04 bits per heavy atom. The topological polar surface area (TPSA) is 76.4 Å². The van der Waals surface area contributed by atoms with Crippen molar-refractivity contribution in [3.05, 3.63) is 72.1 Å². The van der Waals surface area contributed by atoms with E-state index in [1.807, 2.05) is 48.5 Å². The van der Waals surface area contributed by atoms with Gasteiger partial charge in [0.2, 0.25) is 0 Å². The van der Waals surface area contributed by atoms with Crippen molar-refractivity contribution in [3.8, 4) is 17.2 Å². The van der Waals surface area contributed by atoms with Gasteiger partial charge in [-0.2, -0.15) is 0 Å². The quantitative estimate of drug-likeness (QED) is 0.723. The smallest absolute Gasteiger partial charge is 0.315 e. The van der Waals surface area contributed by atoms with E-state index in [9.17, 15) is 4.79 Å². The molecule has 3 aromatic rings. The molecule has 0 radical (unpaired) electrons. The molecule has 0 saturated carbocycles. The first kappa shape index (κ1) is 16.6. The second kappa shape index (κ2) is 8.01. The first-order valence-electron chi connectivity index (χ1n) is 7.88. The van der Waals surface area contributed by atoms with Gasteiger partial charge < -0.3 is 19.8 Å². The first-order chi connectivity index (χ1) is 12.2. The summed E-state index contributed by atoms with van der Waals surface area (Å²) in [5.74, 6) is 1.51. The van der Waals surface area contributed by atoms with Gasteiger partial charge in [-0.25, -0.2) is 4.79 Å². The fourth-order valence-electron chi connectivity index (χ4n) is 2.27. The number of methoxy groups -OCH3 is 1. The van der Waals surface area contributed by atoms with Crippen molar-refractivity contribution >= 4 is 6.03 Å². The van der Waals surface area contributed by atoms with Gasteiger partial charge >= 0.3 is 6.03 Å². The summed E-state index contributed by atoms with van der Waals surface area (Å²) in [6.45, 7) is 0.853. The number of hydrogen-bond acceptors (Lipinski definition) is 4. The Balaban J connectivity index is 1.45. The number of carbonyl (C=O) groups is 1. The van der Waals surface area contributed by atoms with E-state index in [1.165, 1.54) is 0 Å². The number of urea groups is 1. The number of hydrogen-bond donors (Lipinski definition) is 2. The molecule has 128 valence electrons. The minimum atomic E-state index is -0.231. The molecule has 0 unspecified atom stereocenters. The molecule has 0 atom stereocenters. The van der Waals surface area contributed by atoms with Gasteiger partial charge in [0.1, 0.15) is 11.4 Å². The van der Waals surface area contributed by atoms with E-state index in [0.717, 1.165) is 28.3 Å². The minimum Gasteiger partial charge on any atom is -0.497 e. The maximum atomic E-state index is 11.9. The minimum absolute atomic E-state index is 0.231. The molecule has 2 heterocycles. The molecule has 2 N–H and O–H groups in total. The Labute approximate surface area is 145 Å². The Bertz CT molecular complexity index is 797. The molecule has 6 nitrogen and oxygen atoms in total. The maximum Gasteiger partial charge on any atom is 0.315 e. The van der Waals surface area contributed by atoms with E-state index in [1.54, 1.807) is 19.6 Å². The van der Waals surface area contributed by atoms with Crippen LogP contribution in [0.1, 0.15) is 11.1 Å². The summed E-state index contributed by atoms with van der Waals surface area (Å²) < 4.78 is 10.4. The Hall–Kier alpha value is -3.28. The van der Waals surface area contributed by atoms with Crippen molar-refractivity contribution < 1.29 is 13.9 Å². The zero-order valence-corrected chi connectivity index (χ0v) is 13.9. The Morgan fingerprint density at radius 2 is 1.76 bits per heavy atom. The summed E-state index contributed by atoms with van der Waals surface area (Å²) in [6, 6.07) is 14.8. The summed E-state index contributed by atoms with van der Waals surface area (Å²) >= 11 is 0. The van der Waals surface area contributed by atoms with Gasteiger partial charge in [0.15, 0.2) is 5.76 Å². The summed E-state index contributed by atoms with van der Waals surface area (Å²) in [5.41, 5.74) is 2.67. The molecule has 0 bridgehead atoms. The summed E-state index contributed by atoms with van der Waals surface area (Å²) in [7, 11) is 1.62. The Kier molecular flexibility index (Phi) is 5.31. The number of aromatic nitrogens is 1. The predicted molar refractivity (Wildman–Crippen MR) is 94.0 cm³/mol. The van der Waals surface area contributed by atoms with Gasteiger partial charge in [-0.15, -0.1) is 0 Å². The molecule has 1 aromatic carbocycles. The molecule has 2 amide bonds. The second-order valence-electron chi connectivity index (χ2n) is 5.41. The van der Waals surface area contributed by atoms with Crippen molar-refractivity contribution in [2.75, 3.05) is 7.11 Å². The highest BCUT2D eigenvalue weighted by atomic mass is 16.5. The van der Waals surface area contributed by atoms with Crippen LogP contribution in [0.2, 0.25) is 0 Å². The third-order valence-corrected chi connectivity index (χ3v) is 3.66. The van der Waals surface area contributed by atoms with Crippen LogP contribution in [0, 0.1) is 0 Å². The Morgan fingerprint density at radius 3 is 2.36 bits per heavy atom. The SMILES string of the molecule is COc1ccc(CNC(=O)NCc2ccc(-c3ccco3)nc2)cc1. The molecule has 3 rings (SSSR count). The zero-order chi connectivity index (χ0) is 17.5. The molecular formula is C19H19N3O3. The zero-order valence-electron chi connectivity index (χ0n) is 13.9. The number of rotatable bonds is 6. The maximum absolute atomic E-state index is 11.9. The van der Waals surface area contributed by atoms with Gasteiger partial charge in [0.05, 0.1) is 13.4 Å². The highest BCUT2D eigenvalue weighted by Gasteiger charge is 2.04. The van der Waals surface area contributed by atoms with Gasteiger partial charge in [-0.05, 0) is 41.5 Å². The lowest BCUT2D eigenvalue weighted by Gasteiger charge is -2.08. The lowest BCUT2D eigenvalue weighted by molar-refractivity contribution is 0.240. The van der Waals surface area contributed by atoms with Gasteiger partial charge in [-0.1, -0.05) is 18.2 Å². The van der Waals surface area contributed by atoms with E-state index >= 15 is 0 Å². The third-order valence-electron chi connectivity index (χ3n) is 3.66. The molecule has 0 saturated heterocycles. The van der Waals surface area contributed by atoms with Crippen LogP contribution in [0.15, 0.2) is 65.4 Å². The molecular weight excluding hydrogens is 318 g/mol. The molecule has 0 aliphatic heterocycles. The average molecular weight is 337 g/mol. The standard InChI is InChI=1S/C19H19N3O3/c1-24-16-7-4-14(5-8-16)11-21-19(23)22-13-15-6-9-17(20-12-15)18-3-2-10-25-18/h2-10,12H,11,13H2,1H3,(H2,21,22,23).